The van der Waals surface area contributed by atoms with E-state index in [1.54, 1.807) is 0 Å². The average Bonchev–Trinajstić information content (AvgIpc) is 2.80. The molecule has 0 spiro atoms. The second kappa shape index (κ2) is 5.33. The standard InChI is InChI=1S/C17H17F2N/c1-20-17-12(9-11-5-2-3-6-13(11)17)10-14-15(18)7-4-8-16(14)19/h2-8,12,17,20H,9-10H2,1H3. The van der Waals surface area contributed by atoms with E-state index in [0.717, 1.165) is 6.42 Å². The van der Waals surface area contributed by atoms with Crippen LogP contribution in [0.15, 0.2) is 42.5 Å². The molecule has 2 aromatic carbocycles. The molecule has 0 aliphatic heterocycles. The molecule has 0 radical (unpaired) electrons. The summed E-state index contributed by atoms with van der Waals surface area (Å²) in [5.41, 5.74) is 2.72. The van der Waals surface area contributed by atoms with Crippen molar-refractivity contribution in [2.24, 2.45) is 5.92 Å². The minimum Gasteiger partial charge on any atom is -0.313 e. The first-order chi connectivity index (χ1) is 9.70. The molecule has 1 aliphatic carbocycles. The van der Waals surface area contributed by atoms with Gasteiger partial charge in [-0.05, 0) is 49.1 Å². The maximum absolute atomic E-state index is 13.8. The number of fused-ring (bicyclic) bond motifs is 1. The minimum atomic E-state index is -0.448. The molecule has 1 aliphatic rings. The molecule has 2 aromatic rings. The Labute approximate surface area is 117 Å². The third kappa shape index (κ3) is 2.22. The highest BCUT2D eigenvalue weighted by Crippen LogP contribution is 2.38. The van der Waals surface area contributed by atoms with E-state index in [-0.39, 0.29) is 17.5 Å². The van der Waals surface area contributed by atoms with Crippen molar-refractivity contribution in [1.29, 1.82) is 0 Å². The third-order valence-corrected chi connectivity index (χ3v) is 4.18. The molecule has 0 heterocycles. The molecule has 0 saturated heterocycles. The SMILES string of the molecule is CNC1c2ccccc2CC1Cc1c(F)cccc1F. The van der Waals surface area contributed by atoms with Crippen LogP contribution in [0, 0.1) is 17.6 Å². The predicted molar refractivity (Wildman–Crippen MR) is 75.5 cm³/mol. The summed E-state index contributed by atoms with van der Waals surface area (Å²) in [6.07, 6.45) is 1.27. The van der Waals surface area contributed by atoms with E-state index in [2.05, 4.69) is 17.4 Å². The van der Waals surface area contributed by atoms with Gasteiger partial charge in [0, 0.05) is 11.6 Å². The number of rotatable bonds is 3. The summed E-state index contributed by atoms with van der Waals surface area (Å²) in [4.78, 5) is 0. The number of hydrogen-bond acceptors (Lipinski definition) is 1. The van der Waals surface area contributed by atoms with Crippen LogP contribution in [0.2, 0.25) is 0 Å². The van der Waals surface area contributed by atoms with Crippen LogP contribution < -0.4 is 5.32 Å². The predicted octanol–water partition coefficient (Wildman–Crippen LogP) is 3.64. The highest BCUT2D eigenvalue weighted by atomic mass is 19.1. The highest BCUT2D eigenvalue weighted by Gasteiger charge is 2.32. The topological polar surface area (TPSA) is 12.0 Å². The largest absolute Gasteiger partial charge is 0.313 e. The van der Waals surface area contributed by atoms with Crippen LogP contribution in [0.3, 0.4) is 0 Å². The summed E-state index contributed by atoms with van der Waals surface area (Å²) in [5.74, 6) is -0.713. The minimum absolute atomic E-state index is 0.158. The summed E-state index contributed by atoms with van der Waals surface area (Å²) in [7, 11) is 1.90. The van der Waals surface area contributed by atoms with Gasteiger partial charge in [-0.1, -0.05) is 30.3 Å². The van der Waals surface area contributed by atoms with E-state index in [0.29, 0.717) is 6.42 Å². The number of nitrogens with one attached hydrogen (secondary N) is 1. The van der Waals surface area contributed by atoms with E-state index in [4.69, 9.17) is 0 Å². The summed E-state index contributed by atoms with van der Waals surface area (Å²) in [6, 6.07) is 12.4. The molecule has 0 amide bonds. The molecule has 1 N–H and O–H groups in total. The maximum Gasteiger partial charge on any atom is 0.129 e. The van der Waals surface area contributed by atoms with Crippen LogP contribution in [0.5, 0.6) is 0 Å². The van der Waals surface area contributed by atoms with Crippen LogP contribution in [0.25, 0.3) is 0 Å². The fourth-order valence-electron chi connectivity index (χ4n) is 3.25. The Morgan fingerprint density at radius 3 is 2.45 bits per heavy atom. The Morgan fingerprint density at radius 2 is 1.75 bits per heavy atom. The third-order valence-electron chi connectivity index (χ3n) is 4.18. The lowest BCUT2D eigenvalue weighted by molar-refractivity contribution is 0.396. The lowest BCUT2D eigenvalue weighted by Gasteiger charge is -2.20. The van der Waals surface area contributed by atoms with Crippen molar-refractivity contribution in [3.8, 4) is 0 Å². The summed E-state index contributed by atoms with van der Waals surface area (Å²) in [6.45, 7) is 0. The number of benzene rings is 2. The second-order valence-electron chi connectivity index (χ2n) is 5.33. The van der Waals surface area contributed by atoms with Crippen LogP contribution in [0.1, 0.15) is 22.7 Å². The molecule has 0 aromatic heterocycles. The van der Waals surface area contributed by atoms with E-state index < -0.39 is 11.6 Å². The fourth-order valence-corrected chi connectivity index (χ4v) is 3.25. The Kier molecular flexibility index (Phi) is 3.53. The lowest BCUT2D eigenvalue weighted by Crippen LogP contribution is -2.23. The van der Waals surface area contributed by atoms with Crippen molar-refractivity contribution in [2.75, 3.05) is 7.05 Å². The quantitative estimate of drug-likeness (QED) is 0.900. The van der Waals surface area contributed by atoms with Gasteiger partial charge in [0.15, 0.2) is 0 Å². The number of halogens is 2. The molecule has 104 valence electrons. The molecular weight excluding hydrogens is 256 g/mol. The fraction of sp³-hybridized carbons (Fsp3) is 0.294. The number of hydrogen-bond donors (Lipinski definition) is 1. The van der Waals surface area contributed by atoms with Crippen molar-refractivity contribution in [1.82, 2.24) is 5.32 Å². The first-order valence-electron chi connectivity index (χ1n) is 6.88. The smallest absolute Gasteiger partial charge is 0.129 e. The van der Waals surface area contributed by atoms with Crippen LogP contribution in [-0.2, 0) is 12.8 Å². The first kappa shape index (κ1) is 13.3. The zero-order valence-corrected chi connectivity index (χ0v) is 11.4. The van der Waals surface area contributed by atoms with E-state index >= 15 is 0 Å². The van der Waals surface area contributed by atoms with Gasteiger partial charge in [-0.15, -0.1) is 0 Å². The Hall–Kier alpha value is -1.74. The van der Waals surface area contributed by atoms with Gasteiger partial charge in [0.25, 0.3) is 0 Å². The molecule has 0 saturated carbocycles. The first-order valence-corrected chi connectivity index (χ1v) is 6.88. The van der Waals surface area contributed by atoms with Gasteiger partial charge >= 0.3 is 0 Å². The Bertz CT molecular complexity index is 604. The van der Waals surface area contributed by atoms with Crippen LogP contribution in [-0.4, -0.2) is 7.05 Å². The normalized spacial score (nSPS) is 20.9. The zero-order chi connectivity index (χ0) is 14.1. The highest BCUT2D eigenvalue weighted by molar-refractivity contribution is 5.36. The van der Waals surface area contributed by atoms with Crippen molar-refractivity contribution >= 4 is 0 Å². The molecule has 3 rings (SSSR count). The zero-order valence-electron chi connectivity index (χ0n) is 11.4. The van der Waals surface area contributed by atoms with Crippen molar-refractivity contribution in [3.63, 3.8) is 0 Å². The molecule has 2 atom stereocenters. The second-order valence-corrected chi connectivity index (χ2v) is 5.33. The summed E-state index contributed by atoms with van der Waals surface area (Å²) >= 11 is 0. The van der Waals surface area contributed by atoms with Crippen molar-refractivity contribution < 1.29 is 8.78 Å². The van der Waals surface area contributed by atoms with Gasteiger partial charge in [0.05, 0.1) is 0 Å². The van der Waals surface area contributed by atoms with Gasteiger partial charge in [-0.3, -0.25) is 0 Å². The van der Waals surface area contributed by atoms with E-state index in [1.807, 2.05) is 19.2 Å². The maximum atomic E-state index is 13.8. The van der Waals surface area contributed by atoms with Crippen LogP contribution >= 0.6 is 0 Å². The lowest BCUT2D eigenvalue weighted by atomic mass is 9.92. The van der Waals surface area contributed by atoms with Crippen LogP contribution in [0.4, 0.5) is 8.78 Å². The Morgan fingerprint density at radius 1 is 1.05 bits per heavy atom. The van der Waals surface area contributed by atoms with Gasteiger partial charge in [0.2, 0.25) is 0 Å². The van der Waals surface area contributed by atoms with E-state index in [1.165, 1.54) is 29.3 Å². The monoisotopic (exact) mass is 273 g/mol. The molecule has 2 unspecified atom stereocenters. The van der Waals surface area contributed by atoms with Gasteiger partial charge < -0.3 is 5.32 Å². The molecule has 0 fully saturated rings. The summed E-state index contributed by atoms with van der Waals surface area (Å²) < 4.78 is 27.6. The van der Waals surface area contributed by atoms with E-state index in [9.17, 15) is 8.78 Å². The van der Waals surface area contributed by atoms with Gasteiger partial charge in [-0.25, -0.2) is 8.78 Å². The Balaban J connectivity index is 1.90. The van der Waals surface area contributed by atoms with Gasteiger partial charge in [-0.2, -0.15) is 0 Å². The summed E-state index contributed by atoms with van der Waals surface area (Å²) in [5, 5.41) is 3.28. The average molecular weight is 273 g/mol. The molecule has 0 bridgehead atoms. The molecular formula is C17H17F2N. The molecule has 20 heavy (non-hydrogen) atoms. The van der Waals surface area contributed by atoms with Gasteiger partial charge in [0.1, 0.15) is 11.6 Å². The van der Waals surface area contributed by atoms with Crippen molar-refractivity contribution in [2.45, 2.75) is 18.9 Å². The molecule has 3 heteroatoms. The molecule has 1 nitrogen and oxygen atoms in total. The van der Waals surface area contributed by atoms with Crippen molar-refractivity contribution in [3.05, 3.63) is 70.8 Å².